The van der Waals surface area contributed by atoms with E-state index in [1.54, 1.807) is 6.20 Å². The molecular formula is C26H31F6N7. The van der Waals surface area contributed by atoms with Crippen LogP contribution >= 0.6 is 0 Å². The Morgan fingerprint density at radius 1 is 0.974 bits per heavy atom. The number of rotatable bonds is 10. The van der Waals surface area contributed by atoms with Crippen LogP contribution in [0.25, 0.3) is 0 Å². The molecule has 4 rings (SSSR count). The van der Waals surface area contributed by atoms with Gasteiger partial charge in [0.2, 0.25) is 0 Å². The van der Waals surface area contributed by atoms with Gasteiger partial charge in [-0.15, -0.1) is 5.10 Å². The smallest absolute Gasteiger partial charge is 0.329 e. The minimum Gasteiger partial charge on any atom is -0.329 e. The van der Waals surface area contributed by atoms with Crippen molar-refractivity contribution in [3.8, 4) is 0 Å². The first-order valence-electron chi connectivity index (χ1n) is 12.8. The largest absolute Gasteiger partial charge is 0.416 e. The second-order valence-electron chi connectivity index (χ2n) is 10.1. The second kappa shape index (κ2) is 11.9. The van der Waals surface area contributed by atoms with Gasteiger partial charge in [0.25, 0.3) is 5.95 Å². The Morgan fingerprint density at radius 2 is 1.64 bits per heavy atom. The Morgan fingerprint density at radius 3 is 2.23 bits per heavy atom. The quantitative estimate of drug-likeness (QED) is 0.264. The fourth-order valence-corrected chi connectivity index (χ4v) is 4.88. The van der Waals surface area contributed by atoms with Crippen LogP contribution < -0.4 is 10.2 Å². The predicted octanol–water partition coefficient (Wildman–Crippen LogP) is 5.48. The van der Waals surface area contributed by atoms with Gasteiger partial charge in [0, 0.05) is 37.9 Å². The zero-order chi connectivity index (χ0) is 28.2. The van der Waals surface area contributed by atoms with Crippen molar-refractivity contribution in [2.75, 3.05) is 18.0 Å². The highest BCUT2D eigenvalue weighted by Crippen LogP contribution is 2.37. The minimum absolute atomic E-state index is 0.0790. The number of nitrogens with zero attached hydrogens (tertiary/aromatic N) is 6. The van der Waals surface area contributed by atoms with Crippen molar-refractivity contribution in [3.05, 3.63) is 64.0 Å². The molecule has 0 amide bonds. The zero-order valence-electron chi connectivity index (χ0n) is 21.8. The number of alkyl halides is 6. The van der Waals surface area contributed by atoms with Crippen molar-refractivity contribution in [3.63, 3.8) is 0 Å². The number of benzene rings is 1. The molecule has 2 aromatic heterocycles. The summed E-state index contributed by atoms with van der Waals surface area (Å²) < 4.78 is 80.7. The first kappa shape index (κ1) is 28.8. The van der Waals surface area contributed by atoms with Gasteiger partial charge in [-0.05, 0) is 72.3 Å². The third-order valence-electron chi connectivity index (χ3n) is 6.81. The maximum Gasteiger partial charge on any atom is 0.416 e. The highest BCUT2D eigenvalue weighted by molar-refractivity contribution is 5.39. The van der Waals surface area contributed by atoms with Crippen molar-refractivity contribution in [2.24, 2.45) is 13.0 Å². The summed E-state index contributed by atoms with van der Waals surface area (Å²) in [4.78, 5) is 7.26. The van der Waals surface area contributed by atoms with E-state index >= 15 is 0 Å². The molecule has 1 saturated carbocycles. The van der Waals surface area contributed by atoms with E-state index in [1.807, 2.05) is 13.0 Å². The van der Waals surface area contributed by atoms with Gasteiger partial charge < -0.3 is 10.2 Å². The maximum atomic E-state index is 13.5. The molecule has 0 radical (unpaired) electrons. The number of nitrogens with one attached hydrogen (secondary N) is 1. The Bertz CT molecular complexity index is 1220. The lowest BCUT2D eigenvalue weighted by Crippen LogP contribution is -2.27. The van der Waals surface area contributed by atoms with E-state index in [-0.39, 0.29) is 30.7 Å². The maximum absolute atomic E-state index is 13.5. The SMILES string of the molecule is Cc1cnc(CCNCC2CCCC2)c(CN(Cc2cc(C(F)(F)F)cc(C(F)(F)F)c2)c2nnn(C)n2)c1. The molecule has 212 valence electrons. The number of anilines is 1. The zero-order valence-corrected chi connectivity index (χ0v) is 21.8. The molecule has 0 spiro atoms. The topological polar surface area (TPSA) is 71.8 Å². The van der Waals surface area contributed by atoms with E-state index in [0.717, 1.165) is 35.5 Å². The van der Waals surface area contributed by atoms with Crippen LogP contribution in [-0.2, 0) is 38.9 Å². The van der Waals surface area contributed by atoms with E-state index in [4.69, 9.17) is 0 Å². The Hall–Kier alpha value is -3.22. The van der Waals surface area contributed by atoms with E-state index in [2.05, 4.69) is 25.7 Å². The highest BCUT2D eigenvalue weighted by atomic mass is 19.4. The molecule has 39 heavy (non-hydrogen) atoms. The molecule has 2 heterocycles. The Labute approximate surface area is 222 Å². The van der Waals surface area contributed by atoms with Crippen LogP contribution in [0.15, 0.2) is 30.5 Å². The van der Waals surface area contributed by atoms with Crippen LogP contribution in [0.4, 0.5) is 32.3 Å². The minimum atomic E-state index is -4.94. The van der Waals surface area contributed by atoms with Crippen LogP contribution in [-0.4, -0.2) is 38.3 Å². The summed E-state index contributed by atoms with van der Waals surface area (Å²) in [6.07, 6.45) is -2.54. The molecular weight excluding hydrogens is 524 g/mol. The summed E-state index contributed by atoms with van der Waals surface area (Å²) in [5, 5.41) is 15.4. The number of aromatic nitrogens is 5. The van der Waals surface area contributed by atoms with Crippen LogP contribution in [0, 0.1) is 12.8 Å². The van der Waals surface area contributed by atoms with Gasteiger partial charge in [-0.3, -0.25) is 4.98 Å². The number of hydrogen-bond acceptors (Lipinski definition) is 6. The van der Waals surface area contributed by atoms with Crippen molar-refractivity contribution in [2.45, 2.75) is 64.5 Å². The summed E-state index contributed by atoms with van der Waals surface area (Å²) in [5.41, 5.74) is -0.471. The first-order valence-corrected chi connectivity index (χ1v) is 12.8. The lowest BCUT2D eigenvalue weighted by Gasteiger charge is -2.23. The third kappa shape index (κ3) is 7.90. The number of aryl methyl sites for hydroxylation is 2. The van der Waals surface area contributed by atoms with Crippen molar-refractivity contribution in [1.82, 2.24) is 30.5 Å². The predicted molar refractivity (Wildman–Crippen MR) is 133 cm³/mol. The van der Waals surface area contributed by atoms with Gasteiger partial charge in [0.15, 0.2) is 0 Å². The number of hydrogen-bond donors (Lipinski definition) is 1. The van der Waals surface area contributed by atoms with E-state index in [9.17, 15) is 26.3 Å². The number of pyridine rings is 1. The molecule has 13 heteroatoms. The normalized spacial score (nSPS) is 14.8. The third-order valence-corrected chi connectivity index (χ3v) is 6.81. The van der Waals surface area contributed by atoms with E-state index < -0.39 is 23.5 Å². The molecule has 7 nitrogen and oxygen atoms in total. The summed E-state index contributed by atoms with van der Waals surface area (Å²) in [7, 11) is 1.52. The summed E-state index contributed by atoms with van der Waals surface area (Å²) >= 11 is 0. The lowest BCUT2D eigenvalue weighted by atomic mass is 10.0. The average molecular weight is 556 g/mol. The molecule has 0 aliphatic heterocycles. The van der Waals surface area contributed by atoms with Crippen molar-refractivity contribution < 1.29 is 26.3 Å². The average Bonchev–Trinajstić information content (AvgIpc) is 3.53. The highest BCUT2D eigenvalue weighted by Gasteiger charge is 2.37. The van der Waals surface area contributed by atoms with Crippen LogP contribution in [0.3, 0.4) is 0 Å². The second-order valence-corrected chi connectivity index (χ2v) is 10.1. The van der Waals surface area contributed by atoms with Gasteiger partial charge in [0.1, 0.15) is 0 Å². The first-order chi connectivity index (χ1) is 18.4. The standard InChI is InChI=1S/C26H31F6N7/c1-17-9-20(23(34-13-17)7-8-33-14-18-5-3-4-6-18)16-39(24-35-37-38(2)36-24)15-19-10-21(25(27,28)29)12-22(11-19)26(30,31)32/h9-13,18,33H,3-8,14-16H2,1-2H3. The molecule has 1 aliphatic rings. The molecule has 1 aromatic carbocycles. The van der Waals surface area contributed by atoms with Gasteiger partial charge in [-0.1, -0.05) is 24.0 Å². The molecule has 3 aromatic rings. The fraction of sp³-hybridized carbons (Fsp3) is 0.538. The Balaban J connectivity index is 1.59. The van der Waals surface area contributed by atoms with Gasteiger partial charge in [-0.25, -0.2) is 0 Å². The molecule has 0 saturated heterocycles. The van der Waals surface area contributed by atoms with Gasteiger partial charge >= 0.3 is 12.4 Å². The van der Waals surface area contributed by atoms with Gasteiger partial charge in [-0.2, -0.15) is 31.1 Å². The van der Waals surface area contributed by atoms with E-state index in [1.165, 1.54) is 42.4 Å². The molecule has 1 fully saturated rings. The summed E-state index contributed by atoms with van der Waals surface area (Å²) in [6, 6.07) is 3.48. The van der Waals surface area contributed by atoms with Crippen molar-refractivity contribution >= 4 is 5.95 Å². The molecule has 0 bridgehead atoms. The number of tetrazole rings is 1. The fourth-order valence-electron chi connectivity index (χ4n) is 4.88. The molecule has 0 atom stereocenters. The number of halogens is 6. The van der Waals surface area contributed by atoms with Crippen LogP contribution in [0.2, 0.25) is 0 Å². The van der Waals surface area contributed by atoms with Crippen molar-refractivity contribution in [1.29, 1.82) is 0 Å². The van der Waals surface area contributed by atoms with Crippen LogP contribution in [0.5, 0.6) is 0 Å². The van der Waals surface area contributed by atoms with Gasteiger partial charge in [0.05, 0.1) is 18.2 Å². The molecule has 1 aliphatic carbocycles. The monoisotopic (exact) mass is 555 g/mol. The van der Waals surface area contributed by atoms with E-state index in [0.29, 0.717) is 18.9 Å². The lowest BCUT2D eigenvalue weighted by molar-refractivity contribution is -0.143. The summed E-state index contributed by atoms with van der Waals surface area (Å²) in [5.74, 6) is 0.762. The summed E-state index contributed by atoms with van der Waals surface area (Å²) in [6.45, 7) is 3.33. The Kier molecular flexibility index (Phi) is 8.77. The molecule has 1 N–H and O–H groups in total. The van der Waals surface area contributed by atoms with Crippen LogP contribution in [0.1, 0.15) is 59.2 Å². The molecule has 0 unspecified atom stereocenters.